The summed E-state index contributed by atoms with van der Waals surface area (Å²) in [6.45, 7) is 3.85. The van der Waals surface area contributed by atoms with Crippen molar-refractivity contribution in [2.24, 2.45) is 5.92 Å². The van der Waals surface area contributed by atoms with Crippen molar-refractivity contribution in [1.29, 1.82) is 0 Å². The number of benzene rings is 1. The van der Waals surface area contributed by atoms with Crippen LogP contribution in [0.15, 0.2) is 24.3 Å². The summed E-state index contributed by atoms with van der Waals surface area (Å²) in [5.74, 6) is 0.879. The van der Waals surface area contributed by atoms with Gasteiger partial charge in [0.05, 0.1) is 0 Å². The van der Waals surface area contributed by atoms with Crippen molar-refractivity contribution in [1.82, 2.24) is 4.90 Å². The van der Waals surface area contributed by atoms with Crippen LogP contribution in [-0.4, -0.2) is 44.0 Å². The molecule has 1 aliphatic rings. The van der Waals surface area contributed by atoms with E-state index in [1.165, 1.54) is 12.8 Å². The minimum atomic E-state index is 0.195. The summed E-state index contributed by atoms with van der Waals surface area (Å²) in [6, 6.07) is 7.14. The molecule has 0 N–H and O–H groups in total. The molecule has 1 fully saturated rings. The second-order valence-corrected chi connectivity index (χ2v) is 5.86. The van der Waals surface area contributed by atoms with E-state index in [0.717, 1.165) is 31.8 Å². The fraction of sp³-hybridized carbons (Fsp3) is 0.562. The second kappa shape index (κ2) is 7.77. The van der Waals surface area contributed by atoms with E-state index in [1.54, 1.807) is 31.4 Å². The lowest BCUT2D eigenvalue weighted by molar-refractivity contribution is 0.0883. The van der Waals surface area contributed by atoms with Crippen LogP contribution in [0.5, 0.6) is 0 Å². The van der Waals surface area contributed by atoms with Gasteiger partial charge < -0.3 is 9.64 Å². The van der Waals surface area contributed by atoms with E-state index in [2.05, 4.69) is 4.90 Å². The smallest absolute Gasteiger partial charge is 0.164 e. The van der Waals surface area contributed by atoms with Gasteiger partial charge in [0.15, 0.2) is 5.78 Å². The van der Waals surface area contributed by atoms with Crippen molar-refractivity contribution >= 4 is 17.4 Å². The first-order valence-electron chi connectivity index (χ1n) is 7.19. The van der Waals surface area contributed by atoms with Crippen LogP contribution in [0.25, 0.3) is 0 Å². The van der Waals surface area contributed by atoms with E-state index in [9.17, 15) is 4.79 Å². The molecule has 1 aliphatic heterocycles. The number of ketones is 1. The minimum Gasteiger partial charge on any atom is -0.384 e. The number of carbonyl (C=O) groups excluding carboxylic acids is 1. The number of hydrogen-bond acceptors (Lipinski definition) is 3. The lowest BCUT2D eigenvalue weighted by Crippen LogP contribution is -2.36. The molecule has 1 aromatic carbocycles. The van der Waals surface area contributed by atoms with Gasteiger partial charge in [-0.3, -0.25) is 4.79 Å². The van der Waals surface area contributed by atoms with Gasteiger partial charge in [-0.25, -0.2) is 0 Å². The molecular formula is C16H22ClNO2. The molecule has 20 heavy (non-hydrogen) atoms. The van der Waals surface area contributed by atoms with Crippen LogP contribution in [0, 0.1) is 5.92 Å². The summed E-state index contributed by atoms with van der Waals surface area (Å²) < 4.78 is 5.20. The number of piperidine rings is 1. The molecule has 110 valence electrons. The Labute approximate surface area is 125 Å². The van der Waals surface area contributed by atoms with Crippen molar-refractivity contribution < 1.29 is 9.53 Å². The van der Waals surface area contributed by atoms with Crippen molar-refractivity contribution in [3.8, 4) is 0 Å². The topological polar surface area (TPSA) is 29.5 Å². The molecule has 0 bridgehead atoms. The molecule has 0 aromatic heterocycles. The van der Waals surface area contributed by atoms with Crippen LogP contribution in [0.1, 0.15) is 29.6 Å². The van der Waals surface area contributed by atoms with Gasteiger partial charge in [0.25, 0.3) is 0 Å². The number of ether oxygens (including phenoxy) is 1. The molecule has 0 amide bonds. The van der Waals surface area contributed by atoms with Crippen LogP contribution in [-0.2, 0) is 4.74 Å². The third-order valence-corrected chi connectivity index (χ3v) is 4.18. The molecule has 0 spiro atoms. The molecule has 1 saturated heterocycles. The Bertz CT molecular complexity index is 425. The maximum atomic E-state index is 12.1. The summed E-state index contributed by atoms with van der Waals surface area (Å²) in [6.07, 6.45) is 2.92. The Hall–Kier alpha value is -0.900. The first kappa shape index (κ1) is 15.5. The monoisotopic (exact) mass is 295 g/mol. The Balaban J connectivity index is 1.73. The largest absolute Gasteiger partial charge is 0.384 e. The second-order valence-electron chi connectivity index (χ2n) is 5.42. The van der Waals surface area contributed by atoms with Gasteiger partial charge in [-0.05, 0) is 56.1 Å². The predicted octanol–water partition coefficient (Wildman–Crippen LogP) is 3.27. The maximum Gasteiger partial charge on any atom is 0.164 e. The van der Waals surface area contributed by atoms with E-state index in [1.807, 2.05) is 0 Å². The Kier molecular flexibility index (Phi) is 6.02. The number of likely N-dealkylation sites (tertiary alicyclic amines) is 1. The summed E-state index contributed by atoms with van der Waals surface area (Å²) in [7, 11) is 1.76. The summed E-state index contributed by atoms with van der Waals surface area (Å²) in [5, 5.41) is 0.668. The highest BCUT2D eigenvalue weighted by Gasteiger charge is 2.19. The third kappa shape index (κ3) is 4.58. The van der Waals surface area contributed by atoms with E-state index < -0.39 is 0 Å². The average Bonchev–Trinajstić information content (AvgIpc) is 2.47. The van der Waals surface area contributed by atoms with Crippen LogP contribution in [0.4, 0.5) is 0 Å². The van der Waals surface area contributed by atoms with Crippen LogP contribution in [0.2, 0.25) is 5.02 Å². The average molecular weight is 296 g/mol. The van der Waals surface area contributed by atoms with E-state index in [0.29, 0.717) is 17.4 Å². The number of nitrogens with zero attached hydrogens (tertiary/aromatic N) is 1. The van der Waals surface area contributed by atoms with E-state index in [4.69, 9.17) is 16.3 Å². The zero-order valence-corrected chi connectivity index (χ0v) is 12.7. The molecule has 4 heteroatoms. The number of rotatable bonds is 6. The number of halogens is 1. The molecule has 2 rings (SSSR count). The highest BCUT2D eigenvalue weighted by molar-refractivity contribution is 6.30. The van der Waals surface area contributed by atoms with Gasteiger partial charge >= 0.3 is 0 Å². The Morgan fingerprint density at radius 1 is 1.30 bits per heavy atom. The standard InChI is InChI=1S/C16H22ClNO2/c1-20-12-13-6-9-18(10-7-13)11-8-16(19)14-2-4-15(17)5-3-14/h2-5,13H,6-12H2,1H3. The van der Waals surface area contributed by atoms with Gasteiger partial charge in [-0.15, -0.1) is 0 Å². The number of methoxy groups -OCH3 is 1. The van der Waals surface area contributed by atoms with Crippen molar-refractivity contribution in [3.05, 3.63) is 34.9 Å². The van der Waals surface area contributed by atoms with Crippen LogP contribution >= 0.6 is 11.6 Å². The number of hydrogen-bond donors (Lipinski definition) is 0. The molecule has 3 nitrogen and oxygen atoms in total. The summed E-state index contributed by atoms with van der Waals surface area (Å²) in [5.41, 5.74) is 0.753. The Morgan fingerprint density at radius 3 is 2.55 bits per heavy atom. The Morgan fingerprint density at radius 2 is 1.95 bits per heavy atom. The molecule has 0 saturated carbocycles. The number of Topliss-reactive ketones (excluding diaryl/α,β-unsaturated/α-hetero) is 1. The molecular weight excluding hydrogens is 274 g/mol. The molecule has 0 unspecified atom stereocenters. The highest BCUT2D eigenvalue weighted by atomic mass is 35.5. The van der Waals surface area contributed by atoms with Gasteiger partial charge in [0.1, 0.15) is 0 Å². The highest BCUT2D eigenvalue weighted by Crippen LogP contribution is 2.18. The third-order valence-electron chi connectivity index (χ3n) is 3.93. The molecule has 1 aromatic rings. The summed E-state index contributed by atoms with van der Waals surface area (Å²) in [4.78, 5) is 14.5. The van der Waals surface area contributed by atoms with Gasteiger partial charge in [0, 0.05) is 37.3 Å². The first-order valence-corrected chi connectivity index (χ1v) is 7.57. The zero-order chi connectivity index (χ0) is 14.4. The van der Waals surface area contributed by atoms with Crippen LogP contribution in [0.3, 0.4) is 0 Å². The minimum absolute atomic E-state index is 0.195. The van der Waals surface area contributed by atoms with Crippen LogP contribution < -0.4 is 0 Å². The summed E-state index contributed by atoms with van der Waals surface area (Å²) >= 11 is 5.82. The van der Waals surface area contributed by atoms with Crippen molar-refractivity contribution in [2.75, 3.05) is 33.4 Å². The maximum absolute atomic E-state index is 12.1. The normalized spacial score (nSPS) is 17.3. The SMILES string of the molecule is COCC1CCN(CCC(=O)c2ccc(Cl)cc2)CC1. The van der Waals surface area contributed by atoms with Gasteiger partial charge in [-0.1, -0.05) is 11.6 Å². The fourth-order valence-corrected chi connectivity index (χ4v) is 2.78. The predicted molar refractivity (Wildman–Crippen MR) is 81.4 cm³/mol. The van der Waals surface area contributed by atoms with Crippen molar-refractivity contribution in [3.63, 3.8) is 0 Å². The first-order chi connectivity index (χ1) is 9.69. The number of carbonyl (C=O) groups is 1. The lowest BCUT2D eigenvalue weighted by Gasteiger charge is -2.31. The molecule has 0 atom stereocenters. The molecule has 0 aliphatic carbocycles. The van der Waals surface area contributed by atoms with Gasteiger partial charge in [-0.2, -0.15) is 0 Å². The van der Waals surface area contributed by atoms with E-state index in [-0.39, 0.29) is 5.78 Å². The molecule has 0 radical (unpaired) electrons. The molecule has 1 heterocycles. The fourth-order valence-electron chi connectivity index (χ4n) is 2.65. The zero-order valence-electron chi connectivity index (χ0n) is 12.0. The van der Waals surface area contributed by atoms with E-state index >= 15 is 0 Å². The van der Waals surface area contributed by atoms with Gasteiger partial charge in [0.2, 0.25) is 0 Å². The lowest BCUT2D eigenvalue weighted by atomic mass is 9.97. The quantitative estimate of drug-likeness (QED) is 0.754. The van der Waals surface area contributed by atoms with Crippen molar-refractivity contribution in [2.45, 2.75) is 19.3 Å².